The zero-order chi connectivity index (χ0) is 16.4. The van der Waals surface area contributed by atoms with Gasteiger partial charge in [0, 0.05) is 24.7 Å². The van der Waals surface area contributed by atoms with Crippen LogP contribution in [-0.2, 0) is 7.05 Å². The summed E-state index contributed by atoms with van der Waals surface area (Å²) in [6.07, 6.45) is 1.62. The molecule has 2 aromatic heterocycles. The Kier molecular flexibility index (Phi) is 4.06. The lowest BCUT2D eigenvalue weighted by atomic mass is 10.2. The molecule has 1 atom stereocenters. The van der Waals surface area contributed by atoms with E-state index in [0.717, 1.165) is 5.16 Å². The van der Waals surface area contributed by atoms with Crippen LogP contribution in [0, 0.1) is 10.1 Å². The zero-order valence-corrected chi connectivity index (χ0v) is 13.1. The van der Waals surface area contributed by atoms with Gasteiger partial charge in [-0.2, -0.15) is 0 Å². The first-order chi connectivity index (χ1) is 11.0. The molecule has 3 aromatic rings. The van der Waals surface area contributed by atoms with E-state index in [0.29, 0.717) is 17.3 Å². The third kappa shape index (κ3) is 3.21. The minimum Gasteiger partial charge on any atom is -0.419 e. The number of benzene rings is 1. The summed E-state index contributed by atoms with van der Waals surface area (Å²) >= 11 is 1.45. The van der Waals surface area contributed by atoms with Crippen molar-refractivity contribution in [2.75, 3.05) is 0 Å². The molecule has 0 fully saturated rings. The van der Waals surface area contributed by atoms with Crippen molar-refractivity contribution in [2.24, 2.45) is 7.05 Å². The third-order valence-corrected chi connectivity index (χ3v) is 4.20. The number of hydrogen-bond acceptors (Lipinski definition) is 8. The van der Waals surface area contributed by atoms with Crippen LogP contribution in [0.15, 0.2) is 40.2 Å². The number of aryl methyl sites for hydroxylation is 1. The van der Waals surface area contributed by atoms with Crippen LogP contribution in [0.5, 0.6) is 0 Å². The van der Waals surface area contributed by atoms with Gasteiger partial charge in [0.1, 0.15) is 6.33 Å². The molecule has 3 rings (SSSR count). The molecule has 0 N–H and O–H groups in total. The molecule has 0 saturated heterocycles. The van der Waals surface area contributed by atoms with E-state index >= 15 is 0 Å². The van der Waals surface area contributed by atoms with E-state index in [9.17, 15) is 10.1 Å². The van der Waals surface area contributed by atoms with Crippen LogP contribution >= 0.6 is 11.8 Å². The quantitative estimate of drug-likeness (QED) is 0.398. The van der Waals surface area contributed by atoms with Crippen LogP contribution in [0.2, 0.25) is 0 Å². The van der Waals surface area contributed by atoms with Gasteiger partial charge in [0.2, 0.25) is 11.8 Å². The van der Waals surface area contributed by atoms with Crippen molar-refractivity contribution in [3.8, 4) is 11.5 Å². The fraction of sp³-hybridized carbons (Fsp3) is 0.231. The summed E-state index contributed by atoms with van der Waals surface area (Å²) in [5.41, 5.74) is 0.643. The zero-order valence-electron chi connectivity index (χ0n) is 12.3. The summed E-state index contributed by atoms with van der Waals surface area (Å²) < 4.78 is 7.45. The molecule has 0 bridgehead atoms. The van der Waals surface area contributed by atoms with Gasteiger partial charge in [0.25, 0.3) is 5.69 Å². The second-order valence-electron chi connectivity index (χ2n) is 4.73. The Hall–Kier alpha value is -2.75. The average molecular weight is 332 g/mol. The molecule has 0 aliphatic carbocycles. The highest BCUT2D eigenvalue weighted by Crippen LogP contribution is 2.33. The topological polar surface area (TPSA) is 113 Å². The van der Waals surface area contributed by atoms with Crippen molar-refractivity contribution in [3.05, 3.63) is 46.6 Å². The first-order valence-electron chi connectivity index (χ1n) is 6.63. The summed E-state index contributed by atoms with van der Waals surface area (Å²) in [5.74, 6) is 0.770. The molecule has 9 nitrogen and oxygen atoms in total. The summed E-state index contributed by atoms with van der Waals surface area (Å²) in [5, 5.41) is 27.1. The lowest BCUT2D eigenvalue weighted by Crippen LogP contribution is -1.94. The largest absolute Gasteiger partial charge is 0.419 e. The van der Waals surface area contributed by atoms with E-state index in [4.69, 9.17) is 4.42 Å². The SMILES string of the molecule is CC(Sc1nncn1C)c1nnc(-c2ccc([N+](=O)[O-])cc2)o1. The van der Waals surface area contributed by atoms with Crippen LogP contribution in [0.4, 0.5) is 5.69 Å². The van der Waals surface area contributed by atoms with E-state index in [1.54, 1.807) is 23.0 Å². The van der Waals surface area contributed by atoms with Gasteiger partial charge in [0.05, 0.1) is 10.2 Å². The number of thioether (sulfide) groups is 1. The Morgan fingerprint density at radius 1 is 1.26 bits per heavy atom. The second-order valence-corrected chi connectivity index (χ2v) is 6.04. The lowest BCUT2D eigenvalue weighted by Gasteiger charge is -2.04. The van der Waals surface area contributed by atoms with Gasteiger partial charge in [-0.15, -0.1) is 20.4 Å². The number of hydrogen-bond donors (Lipinski definition) is 0. The molecule has 1 aromatic carbocycles. The Labute approximate surface area is 134 Å². The van der Waals surface area contributed by atoms with Crippen LogP contribution in [0.25, 0.3) is 11.5 Å². The van der Waals surface area contributed by atoms with Gasteiger partial charge in [-0.3, -0.25) is 10.1 Å². The minimum absolute atomic E-state index is 0.0136. The summed E-state index contributed by atoms with van der Waals surface area (Å²) in [4.78, 5) is 10.2. The van der Waals surface area contributed by atoms with Gasteiger partial charge >= 0.3 is 0 Å². The molecule has 0 aliphatic rings. The summed E-state index contributed by atoms with van der Waals surface area (Å²) in [6.45, 7) is 1.92. The lowest BCUT2D eigenvalue weighted by molar-refractivity contribution is -0.384. The van der Waals surface area contributed by atoms with E-state index in [-0.39, 0.29) is 10.9 Å². The molecule has 0 spiro atoms. The van der Waals surface area contributed by atoms with E-state index in [1.165, 1.54) is 23.9 Å². The predicted molar refractivity (Wildman–Crippen MR) is 81.7 cm³/mol. The van der Waals surface area contributed by atoms with Gasteiger partial charge in [-0.1, -0.05) is 11.8 Å². The smallest absolute Gasteiger partial charge is 0.269 e. The highest BCUT2D eigenvalue weighted by molar-refractivity contribution is 7.99. The van der Waals surface area contributed by atoms with Crippen LogP contribution < -0.4 is 0 Å². The normalized spacial score (nSPS) is 12.3. The molecule has 0 saturated carbocycles. The van der Waals surface area contributed by atoms with E-state index in [2.05, 4.69) is 20.4 Å². The average Bonchev–Trinajstić information content (AvgIpc) is 3.17. The van der Waals surface area contributed by atoms with Crippen molar-refractivity contribution in [1.29, 1.82) is 0 Å². The maximum Gasteiger partial charge on any atom is 0.269 e. The summed E-state index contributed by atoms with van der Waals surface area (Å²) in [6, 6.07) is 5.96. The third-order valence-electron chi connectivity index (χ3n) is 3.07. The molecule has 0 aliphatic heterocycles. The molecule has 118 valence electrons. The Morgan fingerprint density at radius 2 is 2.00 bits per heavy atom. The molecule has 2 heterocycles. The molecule has 0 radical (unpaired) electrons. The van der Waals surface area contributed by atoms with Crippen LogP contribution in [0.3, 0.4) is 0 Å². The van der Waals surface area contributed by atoms with Crippen molar-refractivity contribution < 1.29 is 9.34 Å². The molecule has 23 heavy (non-hydrogen) atoms. The minimum atomic E-state index is -0.456. The highest BCUT2D eigenvalue weighted by Gasteiger charge is 2.18. The van der Waals surface area contributed by atoms with E-state index < -0.39 is 4.92 Å². The number of nitro benzene ring substituents is 1. The molecule has 10 heteroatoms. The number of nitro groups is 1. The molecule has 0 amide bonds. The summed E-state index contributed by atoms with van der Waals surface area (Å²) in [7, 11) is 1.85. The first kappa shape index (κ1) is 15.2. The van der Waals surface area contributed by atoms with Gasteiger partial charge in [-0.25, -0.2) is 0 Å². The maximum absolute atomic E-state index is 10.7. The van der Waals surface area contributed by atoms with Crippen LogP contribution in [-0.4, -0.2) is 29.9 Å². The van der Waals surface area contributed by atoms with Gasteiger partial charge < -0.3 is 8.98 Å². The number of non-ortho nitro benzene ring substituents is 1. The standard InChI is InChI=1S/C13H12N6O3S/c1-8(23-13-17-14-7-18(13)2)11-15-16-12(22-11)9-3-5-10(6-4-9)19(20)21/h3-8H,1-2H3. The van der Waals surface area contributed by atoms with Gasteiger partial charge in [-0.05, 0) is 19.1 Å². The fourth-order valence-corrected chi connectivity index (χ4v) is 2.65. The Morgan fingerprint density at radius 3 is 2.61 bits per heavy atom. The predicted octanol–water partition coefficient (Wildman–Crippen LogP) is 2.63. The first-order valence-corrected chi connectivity index (χ1v) is 7.51. The van der Waals surface area contributed by atoms with Gasteiger partial charge in [0.15, 0.2) is 5.16 Å². The maximum atomic E-state index is 10.7. The molecular weight excluding hydrogens is 320 g/mol. The number of rotatable bonds is 5. The van der Waals surface area contributed by atoms with E-state index in [1.807, 2.05) is 14.0 Å². The van der Waals surface area contributed by atoms with Crippen molar-refractivity contribution >= 4 is 17.4 Å². The van der Waals surface area contributed by atoms with Crippen LogP contribution in [0.1, 0.15) is 18.1 Å². The molecule has 1 unspecified atom stereocenters. The monoisotopic (exact) mass is 332 g/mol. The Balaban J connectivity index is 1.77. The van der Waals surface area contributed by atoms with Crippen molar-refractivity contribution in [1.82, 2.24) is 25.0 Å². The number of nitrogens with zero attached hydrogens (tertiary/aromatic N) is 6. The Bertz CT molecular complexity index is 828. The number of aromatic nitrogens is 5. The van der Waals surface area contributed by atoms with Crippen molar-refractivity contribution in [2.45, 2.75) is 17.3 Å². The van der Waals surface area contributed by atoms with Crippen molar-refractivity contribution in [3.63, 3.8) is 0 Å². The fourth-order valence-electron chi connectivity index (χ4n) is 1.83. The molecular formula is C13H12N6O3S. The second kappa shape index (κ2) is 6.16. The highest BCUT2D eigenvalue weighted by atomic mass is 32.2.